The maximum Gasteiger partial charge on any atom is 0.225 e. The maximum absolute atomic E-state index is 12.1. The molecule has 4 N–H and O–H groups in total. The van der Waals surface area contributed by atoms with Crippen LogP contribution in [0.2, 0.25) is 0 Å². The summed E-state index contributed by atoms with van der Waals surface area (Å²) in [6.45, 7) is 8.21. The predicted octanol–water partition coefficient (Wildman–Crippen LogP) is 3.11. The Kier molecular flexibility index (Phi) is 5.99. The molecule has 10 nitrogen and oxygen atoms in total. The van der Waals surface area contributed by atoms with Gasteiger partial charge in [0.2, 0.25) is 5.95 Å². The Hall–Kier alpha value is -2.41. The van der Waals surface area contributed by atoms with Crippen LogP contribution in [-0.2, 0) is 9.84 Å². The molecule has 204 valence electrons. The number of aromatic nitrogens is 4. The van der Waals surface area contributed by atoms with E-state index in [-0.39, 0.29) is 6.04 Å². The number of hydrogen-bond donors (Lipinski definition) is 4. The molecule has 1 unspecified atom stereocenters. The van der Waals surface area contributed by atoms with Crippen LogP contribution >= 0.6 is 11.3 Å². The van der Waals surface area contributed by atoms with Crippen molar-refractivity contribution in [2.24, 2.45) is 11.8 Å². The zero-order chi connectivity index (χ0) is 27.1. The summed E-state index contributed by atoms with van der Waals surface area (Å²) in [5.41, 5.74) is 1.76. The third kappa shape index (κ3) is 4.16. The lowest BCUT2D eigenvalue weighted by Gasteiger charge is -2.26. The molecule has 3 aliphatic rings. The highest BCUT2D eigenvalue weighted by Crippen LogP contribution is 2.59. The van der Waals surface area contributed by atoms with E-state index in [1.807, 2.05) is 19.2 Å². The van der Waals surface area contributed by atoms with Gasteiger partial charge in [0.15, 0.2) is 9.84 Å². The highest BCUT2D eigenvalue weighted by atomic mass is 32.2. The summed E-state index contributed by atoms with van der Waals surface area (Å²) < 4.78 is 25.3. The largest absolute Gasteiger partial charge is 0.388 e. The number of aliphatic hydroxyl groups is 2. The molecule has 0 amide bonds. The van der Waals surface area contributed by atoms with Crippen molar-refractivity contribution in [1.29, 1.82) is 0 Å². The van der Waals surface area contributed by atoms with Crippen LogP contribution in [0.5, 0.6) is 0 Å². The standard InChI is InChI=1S/C26H34N6O4S2/c1-11(2)12(3)28-25-29-13(4)18(24-31-20-17(37-24)8-9-27-19(20)14-6-7-14)23(32-25)30-16-10-15-22(38(5,35)36)26(15,34)21(16)33/h8-9,11-12,14-16,21-22,33-34H,6-7,10H2,1-5H3,(H2,28,29,30,32)/t12-,15-,16-,21+,22?,26-/m1/s1. The molecule has 38 heavy (non-hydrogen) atoms. The number of aryl methyl sites for hydroxylation is 1. The van der Waals surface area contributed by atoms with Gasteiger partial charge in [-0.05, 0) is 45.1 Å². The van der Waals surface area contributed by atoms with E-state index in [9.17, 15) is 18.6 Å². The summed E-state index contributed by atoms with van der Waals surface area (Å²) in [6, 6.07) is 1.54. The summed E-state index contributed by atoms with van der Waals surface area (Å²) in [4.78, 5) is 19.1. The average molecular weight is 559 g/mol. The zero-order valence-corrected chi connectivity index (χ0v) is 23.8. The molecule has 3 aromatic rings. The number of hydrogen-bond acceptors (Lipinski definition) is 11. The lowest BCUT2D eigenvalue weighted by atomic mass is 10.1. The molecule has 0 aromatic carbocycles. The number of sulfone groups is 1. The number of nitrogens with zero attached hydrogens (tertiary/aromatic N) is 4. The van der Waals surface area contributed by atoms with Crippen LogP contribution in [-0.4, -0.2) is 73.9 Å². The van der Waals surface area contributed by atoms with Gasteiger partial charge in [-0.2, -0.15) is 4.98 Å². The van der Waals surface area contributed by atoms with Crippen molar-refractivity contribution in [3.63, 3.8) is 0 Å². The van der Waals surface area contributed by atoms with E-state index in [1.54, 1.807) is 11.3 Å². The quantitative estimate of drug-likeness (QED) is 0.325. The number of pyridine rings is 1. The first-order valence-corrected chi connectivity index (χ1v) is 15.9. The van der Waals surface area contributed by atoms with E-state index in [4.69, 9.17) is 15.0 Å². The second kappa shape index (κ2) is 8.80. The lowest BCUT2D eigenvalue weighted by Crippen LogP contribution is -2.43. The molecule has 3 saturated carbocycles. The Labute approximate surface area is 226 Å². The molecule has 0 spiro atoms. The van der Waals surface area contributed by atoms with Gasteiger partial charge < -0.3 is 20.8 Å². The van der Waals surface area contributed by atoms with Crippen LogP contribution < -0.4 is 10.6 Å². The molecule has 0 aliphatic heterocycles. The van der Waals surface area contributed by atoms with Crippen molar-refractivity contribution in [2.75, 3.05) is 16.9 Å². The second-order valence-corrected chi connectivity index (χ2v) is 14.7. The molecule has 0 saturated heterocycles. The molecule has 3 aromatic heterocycles. The number of nitrogens with one attached hydrogen (secondary N) is 2. The van der Waals surface area contributed by atoms with E-state index in [2.05, 4.69) is 36.4 Å². The number of fused-ring (bicyclic) bond motifs is 2. The molecule has 0 radical (unpaired) electrons. The summed E-state index contributed by atoms with van der Waals surface area (Å²) in [5, 5.41) is 28.6. The minimum absolute atomic E-state index is 0.128. The van der Waals surface area contributed by atoms with Crippen LogP contribution in [0.1, 0.15) is 57.3 Å². The number of aliphatic hydroxyl groups excluding tert-OH is 1. The van der Waals surface area contributed by atoms with Crippen molar-refractivity contribution in [3.05, 3.63) is 23.7 Å². The Bertz CT molecular complexity index is 1520. The molecule has 6 atom stereocenters. The van der Waals surface area contributed by atoms with E-state index < -0.39 is 38.8 Å². The predicted molar refractivity (Wildman–Crippen MR) is 148 cm³/mol. The maximum atomic E-state index is 12.1. The van der Waals surface area contributed by atoms with Gasteiger partial charge in [0.05, 0.1) is 32.9 Å². The monoisotopic (exact) mass is 558 g/mol. The minimum Gasteiger partial charge on any atom is -0.388 e. The van der Waals surface area contributed by atoms with Gasteiger partial charge in [0.25, 0.3) is 0 Å². The van der Waals surface area contributed by atoms with Crippen molar-refractivity contribution in [1.82, 2.24) is 19.9 Å². The first-order valence-electron chi connectivity index (χ1n) is 13.2. The van der Waals surface area contributed by atoms with Gasteiger partial charge >= 0.3 is 0 Å². The number of rotatable bonds is 8. The van der Waals surface area contributed by atoms with Crippen molar-refractivity contribution >= 4 is 43.2 Å². The number of anilines is 2. The molecular weight excluding hydrogens is 524 g/mol. The molecule has 0 bridgehead atoms. The van der Waals surface area contributed by atoms with E-state index in [0.29, 0.717) is 30.0 Å². The normalized spacial score (nSPS) is 29.5. The topological polar surface area (TPSA) is 150 Å². The summed E-state index contributed by atoms with van der Waals surface area (Å²) in [6.07, 6.45) is 4.27. The molecule has 3 heterocycles. The first kappa shape index (κ1) is 25.8. The van der Waals surface area contributed by atoms with Gasteiger partial charge in [-0.25, -0.2) is 18.4 Å². The number of thiazole rings is 1. The van der Waals surface area contributed by atoms with Gasteiger partial charge in [-0.3, -0.25) is 4.98 Å². The fraction of sp³-hybridized carbons (Fsp3) is 0.615. The van der Waals surface area contributed by atoms with Gasteiger partial charge in [0.1, 0.15) is 28.0 Å². The summed E-state index contributed by atoms with van der Waals surface area (Å²) in [7, 11) is -3.47. The van der Waals surface area contributed by atoms with Gasteiger partial charge in [0, 0.05) is 30.3 Å². The van der Waals surface area contributed by atoms with E-state index in [1.165, 1.54) is 0 Å². The zero-order valence-electron chi connectivity index (χ0n) is 22.1. The average Bonchev–Trinajstić information content (AvgIpc) is 3.70. The SMILES string of the molecule is Cc1nc(N[C@H](C)C(C)C)nc(N[C@@H]2C[C@@H]3C(S(C)(=O)=O)[C@]3(O)[C@H]2O)c1-c1nc2c(C3CC3)nccc2s1. The fourth-order valence-corrected chi connectivity index (χ4v) is 8.73. The van der Waals surface area contributed by atoms with E-state index >= 15 is 0 Å². The highest BCUT2D eigenvalue weighted by Gasteiger charge is 2.77. The van der Waals surface area contributed by atoms with Crippen LogP contribution in [0.3, 0.4) is 0 Å². The Morgan fingerprint density at radius 2 is 1.92 bits per heavy atom. The summed E-state index contributed by atoms with van der Waals surface area (Å²) >= 11 is 1.55. The Morgan fingerprint density at radius 1 is 1.18 bits per heavy atom. The van der Waals surface area contributed by atoms with Crippen molar-refractivity contribution in [3.8, 4) is 10.6 Å². The second-order valence-electron chi connectivity index (χ2n) is 11.5. The third-order valence-electron chi connectivity index (χ3n) is 8.41. The molecular formula is C26H34N6O4S2. The van der Waals surface area contributed by atoms with Crippen molar-refractivity contribution < 1.29 is 18.6 Å². The molecule has 3 fully saturated rings. The first-order chi connectivity index (χ1) is 17.9. The van der Waals surface area contributed by atoms with Crippen LogP contribution in [0, 0.1) is 18.8 Å². The molecule has 12 heteroatoms. The van der Waals surface area contributed by atoms with Crippen LogP contribution in [0.4, 0.5) is 11.8 Å². The minimum atomic E-state index is -3.47. The smallest absolute Gasteiger partial charge is 0.225 e. The highest BCUT2D eigenvalue weighted by molar-refractivity contribution is 7.91. The van der Waals surface area contributed by atoms with Gasteiger partial charge in [-0.1, -0.05) is 13.8 Å². The third-order valence-corrected chi connectivity index (χ3v) is 11.1. The molecule has 3 aliphatic carbocycles. The van der Waals surface area contributed by atoms with E-state index in [0.717, 1.165) is 51.3 Å². The summed E-state index contributed by atoms with van der Waals surface area (Å²) in [5.74, 6) is 1.27. The van der Waals surface area contributed by atoms with Crippen LogP contribution in [0.15, 0.2) is 12.3 Å². The van der Waals surface area contributed by atoms with Crippen molar-refractivity contribution in [2.45, 2.75) is 81.9 Å². The Morgan fingerprint density at radius 3 is 2.53 bits per heavy atom. The Balaban J connectivity index is 1.39. The molecule has 6 rings (SSSR count). The van der Waals surface area contributed by atoms with Crippen LogP contribution in [0.25, 0.3) is 20.8 Å². The fourth-order valence-electron chi connectivity index (χ4n) is 5.82. The lowest BCUT2D eigenvalue weighted by molar-refractivity contribution is 0.00557. The van der Waals surface area contributed by atoms with Gasteiger partial charge in [-0.15, -0.1) is 11.3 Å².